The Morgan fingerprint density at radius 3 is 2.71 bits per heavy atom. The Kier molecular flexibility index (Phi) is 3.88. The molecule has 0 aliphatic carbocycles. The molecule has 0 spiro atoms. The molecule has 0 saturated carbocycles. The Hall–Kier alpha value is -1.10. The summed E-state index contributed by atoms with van der Waals surface area (Å²) >= 11 is 0. The molecular formula is C9H15NO4. The van der Waals surface area contributed by atoms with E-state index in [4.69, 9.17) is 4.74 Å². The van der Waals surface area contributed by atoms with Crippen LogP contribution in [-0.2, 0) is 19.1 Å². The highest BCUT2D eigenvalue weighted by Gasteiger charge is 2.34. The van der Waals surface area contributed by atoms with Crippen molar-refractivity contribution in [1.82, 2.24) is 4.90 Å². The van der Waals surface area contributed by atoms with E-state index >= 15 is 0 Å². The highest BCUT2D eigenvalue weighted by Crippen LogP contribution is 2.18. The SMILES string of the molecule is COCC(=O)N1CCCC1C(=O)OC. The predicted molar refractivity (Wildman–Crippen MR) is 48.6 cm³/mol. The molecular weight excluding hydrogens is 186 g/mol. The van der Waals surface area contributed by atoms with Crippen LogP contribution in [0.1, 0.15) is 12.8 Å². The molecule has 1 saturated heterocycles. The van der Waals surface area contributed by atoms with Crippen LogP contribution in [0.2, 0.25) is 0 Å². The Morgan fingerprint density at radius 1 is 1.43 bits per heavy atom. The van der Waals surface area contributed by atoms with Crippen LogP contribution in [0.25, 0.3) is 0 Å². The second-order valence-corrected chi connectivity index (χ2v) is 3.20. The molecule has 0 radical (unpaired) electrons. The van der Waals surface area contributed by atoms with Crippen molar-refractivity contribution in [3.63, 3.8) is 0 Å². The number of carbonyl (C=O) groups excluding carboxylic acids is 2. The minimum atomic E-state index is -0.414. The second kappa shape index (κ2) is 4.95. The van der Waals surface area contributed by atoms with E-state index in [0.29, 0.717) is 13.0 Å². The molecule has 1 atom stereocenters. The van der Waals surface area contributed by atoms with Crippen LogP contribution >= 0.6 is 0 Å². The predicted octanol–water partition coefficient (Wildman–Crippen LogP) is -0.203. The average molecular weight is 201 g/mol. The first-order valence-corrected chi connectivity index (χ1v) is 4.57. The van der Waals surface area contributed by atoms with E-state index in [0.717, 1.165) is 6.42 Å². The maximum absolute atomic E-state index is 11.5. The molecule has 1 amide bonds. The summed E-state index contributed by atoms with van der Waals surface area (Å²) in [7, 11) is 2.79. The van der Waals surface area contributed by atoms with Gasteiger partial charge in [-0.05, 0) is 12.8 Å². The Balaban J connectivity index is 2.59. The molecule has 0 aromatic rings. The highest BCUT2D eigenvalue weighted by atomic mass is 16.5. The minimum absolute atomic E-state index is 0.0213. The molecule has 1 aliphatic heterocycles. The molecule has 1 aliphatic rings. The number of carbonyl (C=O) groups is 2. The number of likely N-dealkylation sites (tertiary alicyclic amines) is 1. The Labute approximate surface area is 83.0 Å². The summed E-state index contributed by atoms with van der Waals surface area (Å²) in [6.07, 6.45) is 1.53. The van der Waals surface area contributed by atoms with Gasteiger partial charge >= 0.3 is 5.97 Å². The first kappa shape index (κ1) is 11.0. The van der Waals surface area contributed by atoms with Crippen LogP contribution in [0.15, 0.2) is 0 Å². The highest BCUT2D eigenvalue weighted by molar-refractivity contribution is 5.85. The number of esters is 1. The second-order valence-electron chi connectivity index (χ2n) is 3.20. The fraction of sp³-hybridized carbons (Fsp3) is 0.778. The van der Waals surface area contributed by atoms with E-state index in [2.05, 4.69) is 4.74 Å². The van der Waals surface area contributed by atoms with Crippen LogP contribution in [0.5, 0.6) is 0 Å². The zero-order valence-electron chi connectivity index (χ0n) is 8.49. The van der Waals surface area contributed by atoms with Crippen molar-refractivity contribution in [2.24, 2.45) is 0 Å². The topological polar surface area (TPSA) is 55.8 Å². The molecule has 5 heteroatoms. The first-order valence-electron chi connectivity index (χ1n) is 4.57. The quantitative estimate of drug-likeness (QED) is 0.593. The summed E-state index contributed by atoms with van der Waals surface area (Å²) in [6.45, 7) is 0.634. The summed E-state index contributed by atoms with van der Waals surface area (Å²) in [4.78, 5) is 24.3. The normalized spacial score (nSPS) is 21.0. The van der Waals surface area contributed by atoms with Gasteiger partial charge in [-0.2, -0.15) is 0 Å². The molecule has 0 N–H and O–H groups in total. The zero-order chi connectivity index (χ0) is 10.6. The summed E-state index contributed by atoms with van der Waals surface area (Å²) in [5.74, 6) is -0.493. The molecule has 0 aromatic carbocycles. The Morgan fingerprint density at radius 2 is 2.14 bits per heavy atom. The lowest BCUT2D eigenvalue weighted by atomic mass is 10.2. The van der Waals surface area contributed by atoms with E-state index in [9.17, 15) is 9.59 Å². The number of nitrogens with zero attached hydrogens (tertiary/aromatic N) is 1. The number of ether oxygens (including phenoxy) is 2. The van der Waals surface area contributed by atoms with Gasteiger partial charge in [-0.25, -0.2) is 4.79 Å². The molecule has 80 valence electrons. The van der Waals surface area contributed by atoms with Crippen molar-refractivity contribution in [1.29, 1.82) is 0 Å². The van der Waals surface area contributed by atoms with Crippen LogP contribution in [0, 0.1) is 0 Å². The van der Waals surface area contributed by atoms with Crippen LogP contribution in [0.4, 0.5) is 0 Å². The fourth-order valence-corrected chi connectivity index (χ4v) is 1.65. The third-order valence-electron chi connectivity index (χ3n) is 2.31. The third-order valence-corrected chi connectivity index (χ3v) is 2.31. The number of hydrogen-bond donors (Lipinski definition) is 0. The van der Waals surface area contributed by atoms with Gasteiger partial charge in [0.05, 0.1) is 7.11 Å². The first-order chi connectivity index (χ1) is 6.70. The number of methoxy groups -OCH3 is 2. The van der Waals surface area contributed by atoms with E-state index < -0.39 is 6.04 Å². The van der Waals surface area contributed by atoms with Gasteiger partial charge in [0.2, 0.25) is 5.91 Å². The maximum Gasteiger partial charge on any atom is 0.328 e. The molecule has 1 unspecified atom stereocenters. The molecule has 1 fully saturated rings. The van der Waals surface area contributed by atoms with Gasteiger partial charge in [-0.15, -0.1) is 0 Å². The molecule has 1 rings (SSSR count). The molecule has 1 heterocycles. The maximum atomic E-state index is 11.5. The fourth-order valence-electron chi connectivity index (χ4n) is 1.65. The van der Waals surface area contributed by atoms with Crippen LogP contribution in [-0.4, -0.2) is 50.2 Å². The number of amides is 1. The standard InChI is InChI=1S/C9H15NO4/c1-13-6-8(11)10-5-3-4-7(10)9(12)14-2/h7H,3-6H2,1-2H3. The molecule has 0 bridgehead atoms. The van der Waals surface area contributed by atoms with Gasteiger partial charge in [0.25, 0.3) is 0 Å². The van der Waals surface area contributed by atoms with Gasteiger partial charge in [0.1, 0.15) is 12.6 Å². The van der Waals surface area contributed by atoms with Crippen molar-refractivity contribution in [2.45, 2.75) is 18.9 Å². The van der Waals surface area contributed by atoms with Gasteiger partial charge in [-0.1, -0.05) is 0 Å². The smallest absolute Gasteiger partial charge is 0.328 e. The van der Waals surface area contributed by atoms with Crippen molar-refractivity contribution in [3.8, 4) is 0 Å². The number of hydrogen-bond acceptors (Lipinski definition) is 4. The molecule has 5 nitrogen and oxygen atoms in total. The average Bonchev–Trinajstić information content (AvgIpc) is 2.65. The number of rotatable bonds is 3. The van der Waals surface area contributed by atoms with Gasteiger partial charge < -0.3 is 14.4 Å². The molecule has 14 heavy (non-hydrogen) atoms. The van der Waals surface area contributed by atoms with Crippen molar-refractivity contribution in [3.05, 3.63) is 0 Å². The van der Waals surface area contributed by atoms with Crippen LogP contribution in [0.3, 0.4) is 0 Å². The van der Waals surface area contributed by atoms with Crippen LogP contribution < -0.4 is 0 Å². The monoisotopic (exact) mass is 201 g/mol. The lowest BCUT2D eigenvalue weighted by Gasteiger charge is -2.21. The van der Waals surface area contributed by atoms with E-state index in [1.54, 1.807) is 0 Å². The molecule has 0 aromatic heterocycles. The lowest BCUT2D eigenvalue weighted by Crippen LogP contribution is -2.42. The van der Waals surface area contributed by atoms with E-state index in [1.807, 2.05) is 0 Å². The van der Waals surface area contributed by atoms with Gasteiger partial charge in [-0.3, -0.25) is 4.79 Å². The van der Waals surface area contributed by atoms with E-state index in [-0.39, 0.29) is 18.5 Å². The van der Waals surface area contributed by atoms with Gasteiger partial charge in [0, 0.05) is 13.7 Å². The van der Waals surface area contributed by atoms with Gasteiger partial charge in [0.15, 0.2) is 0 Å². The summed E-state index contributed by atoms with van der Waals surface area (Å²) in [5.41, 5.74) is 0. The Bertz CT molecular complexity index is 229. The summed E-state index contributed by atoms with van der Waals surface area (Å²) in [5, 5.41) is 0. The largest absolute Gasteiger partial charge is 0.467 e. The summed E-state index contributed by atoms with van der Waals surface area (Å²) in [6, 6.07) is -0.414. The zero-order valence-corrected chi connectivity index (χ0v) is 8.49. The minimum Gasteiger partial charge on any atom is -0.467 e. The summed E-state index contributed by atoms with van der Waals surface area (Å²) < 4.78 is 9.35. The lowest BCUT2D eigenvalue weighted by molar-refractivity contribution is -0.152. The van der Waals surface area contributed by atoms with E-state index in [1.165, 1.54) is 19.1 Å². The van der Waals surface area contributed by atoms with Crippen molar-refractivity contribution < 1.29 is 19.1 Å². The third kappa shape index (κ3) is 2.23. The van der Waals surface area contributed by atoms with Crippen molar-refractivity contribution >= 4 is 11.9 Å². The van der Waals surface area contributed by atoms with Crippen molar-refractivity contribution in [2.75, 3.05) is 27.4 Å².